The van der Waals surface area contributed by atoms with E-state index in [1.54, 1.807) is 0 Å². The molecule has 1 aliphatic heterocycles. The quantitative estimate of drug-likeness (QED) is 0.677. The van der Waals surface area contributed by atoms with E-state index in [1.165, 1.54) is 4.90 Å². The Morgan fingerprint density at radius 3 is 2.65 bits per heavy atom. The molecule has 4 heteroatoms. The molecular formula is C16H18N2O2. The van der Waals surface area contributed by atoms with Crippen molar-refractivity contribution in [3.8, 4) is 0 Å². The summed E-state index contributed by atoms with van der Waals surface area (Å²) in [6, 6.07) is 9.60. The zero-order valence-electron chi connectivity index (χ0n) is 11.5. The van der Waals surface area contributed by atoms with Crippen LogP contribution in [0.15, 0.2) is 42.5 Å². The fraction of sp³-hybridized carbons (Fsp3) is 0.375. The minimum Gasteiger partial charge on any atom is -0.367 e. The molecule has 1 aliphatic carbocycles. The molecule has 1 aromatic rings. The Morgan fingerprint density at radius 2 is 1.95 bits per heavy atom. The molecule has 1 fully saturated rings. The lowest BCUT2D eigenvalue weighted by Gasteiger charge is -2.22. The Labute approximate surface area is 118 Å². The third-order valence-electron chi connectivity index (χ3n) is 4.18. The third-order valence-corrected chi connectivity index (χ3v) is 4.18. The number of rotatable bonds is 3. The zero-order valence-corrected chi connectivity index (χ0v) is 11.5. The minimum absolute atomic E-state index is 0.0414. The zero-order chi connectivity index (χ0) is 14.1. The van der Waals surface area contributed by atoms with Gasteiger partial charge in [0, 0.05) is 5.69 Å². The topological polar surface area (TPSA) is 49.4 Å². The average Bonchev–Trinajstić information content (AvgIpc) is 2.71. The van der Waals surface area contributed by atoms with Crippen molar-refractivity contribution in [3.05, 3.63) is 42.5 Å². The molecule has 1 heterocycles. The second-order valence-electron chi connectivity index (χ2n) is 5.46. The molecule has 1 N–H and O–H groups in total. The SMILES string of the molecule is CC1C=CCC2C(=O)N(CNc3ccccc3)C(=O)C12. The van der Waals surface area contributed by atoms with Crippen molar-refractivity contribution >= 4 is 17.5 Å². The lowest BCUT2D eigenvalue weighted by Crippen LogP contribution is -2.36. The maximum absolute atomic E-state index is 12.4. The van der Waals surface area contributed by atoms with Gasteiger partial charge in [-0.3, -0.25) is 14.5 Å². The van der Waals surface area contributed by atoms with Gasteiger partial charge in [0.15, 0.2) is 0 Å². The van der Waals surface area contributed by atoms with Gasteiger partial charge in [0.05, 0.1) is 18.5 Å². The van der Waals surface area contributed by atoms with Crippen molar-refractivity contribution in [2.24, 2.45) is 17.8 Å². The van der Waals surface area contributed by atoms with Crippen molar-refractivity contribution in [1.82, 2.24) is 4.90 Å². The predicted molar refractivity (Wildman–Crippen MR) is 76.7 cm³/mol. The molecule has 0 aromatic heterocycles. The van der Waals surface area contributed by atoms with Gasteiger partial charge in [0.25, 0.3) is 0 Å². The Bertz CT molecular complexity index is 553. The number of fused-ring (bicyclic) bond motifs is 1. The summed E-state index contributed by atoms with van der Waals surface area (Å²) in [6.07, 6.45) is 4.74. The molecule has 3 rings (SSSR count). The van der Waals surface area contributed by atoms with E-state index >= 15 is 0 Å². The van der Waals surface area contributed by atoms with Crippen LogP contribution in [0.2, 0.25) is 0 Å². The smallest absolute Gasteiger partial charge is 0.235 e. The molecular weight excluding hydrogens is 252 g/mol. The lowest BCUT2D eigenvalue weighted by atomic mass is 9.78. The molecule has 2 aliphatic rings. The summed E-state index contributed by atoms with van der Waals surface area (Å²) >= 11 is 0. The number of nitrogens with one attached hydrogen (secondary N) is 1. The van der Waals surface area contributed by atoms with Crippen molar-refractivity contribution in [3.63, 3.8) is 0 Å². The highest BCUT2D eigenvalue weighted by Gasteiger charge is 2.49. The van der Waals surface area contributed by atoms with Gasteiger partial charge < -0.3 is 5.32 Å². The van der Waals surface area contributed by atoms with E-state index in [9.17, 15) is 9.59 Å². The van der Waals surface area contributed by atoms with Gasteiger partial charge in [-0.2, -0.15) is 0 Å². The van der Waals surface area contributed by atoms with E-state index in [0.717, 1.165) is 5.69 Å². The van der Waals surface area contributed by atoms with Gasteiger partial charge in [-0.15, -0.1) is 0 Å². The van der Waals surface area contributed by atoms with Gasteiger partial charge in [0.2, 0.25) is 11.8 Å². The summed E-state index contributed by atoms with van der Waals surface area (Å²) in [6.45, 7) is 2.26. The Kier molecular flexibility index (Phi) is 3.30. The molecule has 2 amide bonds. The van der Waals surface area contributed by atoms with Crippen LogP contribution in [0.3, 0.4) is 0 Å². The predicted octanol–water partition coefficient (Wildman–Crippen LogP) is 2.25. The van der Waals surface area contributed by atoms with Crippen molar-refractivity contribution < 1.29 is 9.59 Å². The molecule has 20 heavy (non-hydrogen) atoms. The van der Waals surface area contributed by atoms with Crippen molar-refractivity contribution in [1.29, 1.82) is 0 Å². The number of hydrogen-bond donors (Lipinski definition) is 1. The van der Waals surface area contributed by atoms with Gasteiger partial charge in [0.1, 0.15) is 0 Å². The highest BCUT2D eigenvalue weighted by Crippen LogP contribution is 2.38. The van der Waals surface area contributed by atoms with E-state index < -0.39 is 0 Å². The Morgan fingerprint density at radius 1 is 1.20 bits per heavy atom. The monoisotopic (exact) mass is 270 g/mol. The van der Waals surface area contributed by atoms with E-state index in [0.29, 0.717) is 6.42 Å². The van der Waals surface area contributed by atoms with Crippen molar-refractivity contribution in [2.75, 3.05) is 12.0 Å². The molecule has 3 unspecified atom stereocenters. The van der Waals surface area contributed by atoms with Crippen LogP contribution in [0.4, 0.5) is 5.69 Å². The number of likely N-dealkylation sites (tertiary alicyclic amines) is 1. The standard InChI is InChI=1S/C16H18N2O2/c1-11-6-5-9-13-14(11)16(20)18(15(13)19)10-17-12-7-3-2-4-8-12/h2-8,11,13-14,17H,9-10H2,1H3. The van der Waals surface area contributed by atoms with Gasteiger partial charge in [-0.05, 0) is 24.5 Å². The molecule has 0 spiro atoms. The van der Waals surface area contributed by atoms with Crippen LogP contribution in [0.25, 0.3) is 0 Å². The number of benzene rings is 1. The summed E-state index contributed by atoms with van der Waals surface area (Å²) in [5, 5.41) is 3.14. The number of para-hydroxylation sites is 1. The average molecular weight is 270 g/mol. The third kappa shape index (κ3) is 2.11. The minimum atomic E-state index is -0.176. The number of allylic oxidation sites excluding steroid dienone is 2. The van der Waals surface area contributed by atoms with Crippen molar-refractivity contribution in [2.45, 2.75) is 13.3 Å². The van der Waals surface area contributed by atoms with E-state index in [1.807, 2.05) is 49.4 Å². The molecule has 104 valence electrons. The maximum atomic E-state index is 12.4. The molecule has 1 saturated heterocycles. The maximum Gasteiger partial charge on any atom is 0.235 e. The van der Waals surface area contributed by atoms with E-state index in [-0.39, 0.29) is 36.2 Å². The van der Waals surface area contributed by atoms with Crippen LogP contribution >= 0.6 is 0 Å². The molecule has 1 aromatic carbocycles. The summed E-state index contributed by atoms with van der Waals surface area (Å²) < 4.78 is 0. The highest BCUT2D eigenvalue weighted by atomic mass is 16.2. The van der Waals surface area contributed by atoms with Gasteiger partial charge >= 0.3 is 0 Å². The second-order valence-corrected chi connectivity index (χ2v) is 5.46. The van der Waals surface area contributed by atoms with Crippen LogP contribution in [0.1, 0.15) is 13.3 Å². The highest BCUT2D eigenvalue weighted by molar-refractivity contribution is 6.05. The fourth-order valence-electron chi connectivity index (χ4n) is 3.09. The Balaban J connectivity index is 1.72. The number of amides is 2. The summed E-state index contributed by atoms with van der Waals surface area (Å²) in [7, 11) is 0. The van der Waals surface area contributed by atoms with Crippen LogP contribution in [-0.2, 0) is 9.59 Å². The van der Waals surface area contributed by atoms with Gasteiger partial charge in [-0.25, -0.2) is 0 Å². The first-order valence-electron chi connectivity index (χ1n) is 6.99. The molecule has 0 radical (unpaired) electrons. The summed E-state index contributed by atoms with van der Waals surface area (Å²) in [5.74, 6) is -0.281. The number of carbonyl (C=O) groups excluding carboxylic acids is 2. The van der Waals surface area contributed by atoms with Crippen LogP contribution in [-0.4, -0.2) is 23.4 Å². The lowest BCUT2D eigenvalue weighted by molar-refractivity contribution is -0.139. The number of nitrogens with zero attached hydrogens (tertiary/aromatic N) is 1. The van der Waals surface area contributed by atoms with Crippen LogP contribution in [0, 0.1) is 17.8 Å². The molecule has 4 nitrogen and oxygen atoms in total. The summed E-state index contributed by atoms with van der Waals surface area (Å²) in [4.78, 5) is 26.1. The number of hydrogen-bond acceptors (Lipinski definition) is 3. The largest absolute Gasteiger partial charge is 0.367 e. The van der Waals surface area contributed by atoms with E-state index in [4.69, 9.17) is 0 Å². The van der Waals surface area contributed by atoms with Crippen LogP contribution < -0.4 is 5.32 Å². The first kappa shape index (κ1) is 12.9. The first-order chi connectivity index (χ1) is 9.68. The van der Waals surface area contributed by atoms with Crippen LogP contribution in [0.5, 0.6) is 0 Å². The second kappa shape index (κ2) is 5.12. The first-order valence-corrected chi connectivity index (χ1v) is 6.99. The van der Waals surface area contributed by atoms with Gasteiger partial charge in [-0.1, -0.05) is 37.3 Å². The van der Waals surface area contributed by atoms with E-state index in [2.05, 4.69) is 5.32 Å². The molecule has 0 saturated carbocycles. The number of imide groups is 1. The molecule has 0 bridgehead atoms. The fourth-order valence-corrected chi connectivity index (χ4v) is 3.09. The summed E-state index contributed by atoms with van der Waals surface area (Å²) in [5.41, 5.74) is 0.911. The molecule has 3 atom stereocenters. The number of anilines is 1. The number of carbonyl (C=O) groups is 2. The Hall–Kier alpha value is -2.10. The normalized spacial score (nSPS) is 28.6.